The molecule has 68 valence electrons. The number of aliphatic hydroxyl groups is 1. The molecule has 1 rings (SSSR count). The molecule has 1 heterocycles. The number of halogens is 2. The highest BCUT2D eigenvalue weighted by Gasteiger charge is 2.04. The van der Waals surface area contributed by atoms with Crippen LogP contribution in [0, 0.1) is 0 Å². The van der Waals surface area contributed by atoms with Crippen molar-refractivity contribution in [2.24, 2.45) is 5.73 Å². The normalized spacial score (nSPS) is 11.9. The van der Waals surface area contributed by atoms with E-state index in [0.717, 1.165) is 0 Å². The molecule has 0 amide bonds. The quantitative estimate of drug-likeness (QED) is 0.767. The Labute approximate surface area is 82.0 Å². The molecule has 1 aromatic rings. The van der Waals surface area contributed by atoms with E-state index in [0.29, 0.717) is 10.7 Å². The lowest BCUT2D eigenvalue weighted by molar-refractivity contribution is 0.266. The number of nitrogens with zero attached hydrogens (tertiary/aromatic N) is 1. The topological polar surface area (TPSA) is 59.1 Å². The van der Waals surface area contributed by atoms with E-state index in [1.165, 1.54) is 0 Å². The standard InChI is InChI=1S/C7H9ClN2O.ClH/c8-5-1-2-10-7(3-5)6(9)4-11;/h1-3,6,11H,4,9H2;1H. The molecule has 1 aromatic heterocycles. The smallest absolute Gasteiger partial charge is 0.0705 e. The molecule has 1 unspecified atom stereocenters. The average molecular weight is 209 g/mol. The molecular formula is C7H10Cl2N2O. The van der Waals surface area contributed by atoms with Gasteiger partial charge in [0.1, 0.15) is 0 Å². The lowest BCUT2D eigenvalue weighted by Crippen LogP contribution is -2.15. The van der Waals surface area contributed by atoms with E-state index in [4.69, 9.17) is 22.4 Å². The van der Waals surface area contributed by atoms with E-state index in [-0.39, 0.29) is 19.0 Å². The van der Waals surface area contributed by atoms with Crippen molar-refractivity contribution in [1.82, 2.24) is 4.98 Å². The van der Waals surface area contributed by atoms with Crippen LogP contribution < -0.4 is 5.73 Å². The number of aromatic nitrogens is 1. The van der Waals surface area contributed by atoms with Crippen LogP contribution in [0.5, 0.6) is 0 Å². The Balaban J connectivity index is 0.00000121. The molecule has 12 heavy (non-hydrogen) atoms. The van der Waals surface area contributed by atoms with Gasteiger partial charge in [-0.2, -0.15) is 0 Å². The van der Waals surface area contributed by atoms with Gasteiger partial charge < -0.3 is 10.8 Å². The minimum absolute atomic E-state index is 0. The summed E-state index contributed by atoms with van der Waals surface area (Å²) in [6, 6.07) is 2.87. The van der Waals surface area contributed by atoms with Crippen LogP contribution in [0.3, 0.4) is 0 Å². The maximum atomic E-state index is 8.67. The number of rotatable bonds is 2. The number of nitrogens with two attached hydrogens (primary N) is 1. The minimum atomic E-state index is -0.436. The van der Waals surface area contributed by atoms with Crippen LogP contribution in [0.15, 0.2) is 18.3 Å². The molecule has 0 saturated carbocycles. The molecule has 0 radical (unpaired) electrons. The summed E-state index contributed by atoms with van der Waals surface area (Å²) in [7, 11) is 0. The minimum Gasteiger partial charge on any atom is -0.394 e. The fourth-order valence-electron chi connectivity index (χ4n) is 0.717. The van der Waals surface area contributed by atoms with E-state index in [1.807, 2.05) is 0 Å². The molecule has 0 fully saturated rings. The number of hydrogen-bond acceptors (Lipinski definition) is 3. The van der Waals surface area contributed by atoms with E-state index in [1.54, 1.807) is 18.3 Å². The van der Waals surface area contributed by atoms with Gasteiger partial charge in [-0.05, 0) is 12.1 Å². The fourth-order valence-corrected chi connectivity index (χ4v) is 0.886. The lowest BCUT2D eigenvalue weighted by atomic mass is 10.2. The molecule has 0 aliphatic heterocycles. The van der Waals surface area contributed by atoms with Crippen LogP contribution in [-0.2, 0) is 0 Å². The van der Waals surface area contributed by atoms with Gasteiger partial charge in [0.2, 0.25) is 0 Å². The third kappa shape index (κ3) is 2.95. The van der Waals surface area contributed by atoms with Crippen molar-refractivity contribution in [3.63, 3.8) is 0 Å². The summed E-state index contributed by atoms with van der Waals surface area (Å²) in [4.78, 5) is 3.94. The summed E-state index contributed by atoms with van der Waals surface area (Å²) < 4.78 is 0. The van der Waals surface area contributed by atoms with Gasteiger partial charge in [0, 0.05) is 11.2 Å². The van der Waals surface area contributed by atoms with Crippen molar-refractivity contribution >= 4 is 24.0 Å². The first-order valence-electron chi connectivity index (χ1n) is 3.22. The van der Waals surface area contributed by atoms with Gasteiger partial charge in [0.05, 0.1) is 18.3 Å². The van der Waals surface area contributed by atoms with E-state index < -0.39 is 6.04 Å². The molecule has 5 heteroatoms. The maximum absolute atomic E-state index is 8.67. The Hall–Kier alpha value is -0.350. The van der Waals surface area contributed by atoms with Crippen molar-refractivity contribution < 1.29 is 5.11 Å². The molecule has 0 bridgehead atoms. The number of pyridine rings is 1. The van der Waals surface area contributed by atoms with Gasteiger partial charge in [-0.1, -0.05) is 11.6 Å². The highest BCUT2D eigenvalue weighted by atomic mass is 35.5. The van der Waals surface area contributed by atoms with Crippen LogP contribution in [0.4, 0.5) is 0 Å². The van der Waals surface area contributed by atoms with Gasteiger partial charge in [0.15, 0.2) is 0 Å². The van der Waals surface area contributed by atoms with Gasteiger partial charge in [-0.3, -0.25) is 4.98 Å². The Morgan fingerprint density at radius 1 is 1.67 bits per heavy atom. The Morgan fingerprint density at radius 2 is 2.33 bits per heavy atom. The van der Waals surface area contributed by atoms with E-state index >= 15 is 0 Å². The predicted octanol–water partition coefficient (Wildman–Crippen LogP) is 1.15. The van der Waals surface area contributed by atoms with Crippen molar-refractivity contribution in [3.05, 3.63) is 29.0 Å². The summed E-state index contributed by atoms with van der Waals surface area (Å²) >= 11 is 5.67. The molecule has 3 nitrogen and oxygen atoms in total. The summed E-state index contributed by atoms with van der Waals surface area (Å²) in [5, 5.41) is 9.25. The molecule has 0 saturated heterocycles. The molecule has 0 aliphatic carbocycles. The zero-order chi connectivity index (χ0) is 8.27. The molecule has 0 aliphatic rings. The zero-order valence-corrected chi connectivity index (χ0v) is 7.85. The van der Waals surface area contributed by atoms with Gasteiger partial charge in [-0.15, -0.1) is 12.4 Å². The monoisotopic (exact) mass is 208 g/mol. The summed E-state index contributed by atoms with van der Waals surface area (Å²) in [6.07, 6.45) is 1.56. The highest BCUT2D eigenvalue weighted by molar-refractivity contribution is 6.30. The lowest BCUT2D eigenvalue weighted by Gasteiger charge is -2.06. The maximum Gasteiger partial charge on any atom is 0.0705 e. The molecule has 1 atom stereocenters. The van der Waals surface area contributed by atoms with E-state index in [2.05, 4.69) is 4.98 Å². The fraction of sp³-hybridized carbons (Fsp3) is 0.286. The van der Waals surface area contributed by atoms with Crippen LogP contribution in [0.1, 0.15) is 11.7 Å². The zero-order valence-electron chi connectivity index (χ0n) is 6.27. The first kappa shape index (κ1) is 11.6. The largest absolute Gasteiger partial charge is 0.394 e. The third-order valence-corrected chi connectivity index (χ3v) is 1.55. The summed E-state index contributed by atoms with van der Waals surface area (Å²) in [6.45, 7) is -0.118. The molecular weight excluding hydrogens is 199 g/mol. The van der Waals surface area contributed by atoms with Gasteiger partial charge >= 0.3 is 0 Å². The molecule has 3 N–H and O–H groups in total. The van der Waals surface area contributed by atoms with Gasteiger partial charge in [0.25, 0.3) is 0 Å². The van der Waals surface area contributed by atoms with Crippen LogP contribution >= 0.6 is 24.0 Å². The average Bonchev–Trinajstić information content (AvgIpc) is 2.03. The Bertz CT molecular complexity index is 245. The van der Waals surface area contributed by atoms with Crippen molar-refractivity contribution in [2.45, 2.75) is 6.04 Å². The van der Waals surface area contributed by atoms with Crippen molar-refractivity contribution in [1.29, 1.82) is 0 Å². The van der Waals surface area contributed by atoms with Crippen molar-refractivity contribution in [3.8, 4) is 0 Å². The van der Waals surface area contributed by atoms with Crippen LogP contribution in [0.2, 0.25) is 5.02 Å². The molecule has 0 spiro atoms. The Morgan fingerprint density at radius 3 is 2.83 bits per heavy atom. The second-order valence-corrected chi connectivity index (χ2v) is 2.62. The third-order valence-electron chi connectivity index (χ3n) is 1.32. The second kappa shape index (κ2) is 5.32. The highest BCUT2D eigenvalue weighted by Crippen LogP contribution is 2.12. The number of hydrogen-bond donors (Lipinski definition) is 2. The van der Waals surface area contributed by atoms with Crippen LogP contribution in [-0.4, -0.2) is 16.7 Å². The first-order valence-corrected chi connectivity index (χ1v) is 3.59. The predicted molar refractivity (Wildman–Crippen MR) is 50.5 cm³/mol. The van der Waals surface area contributed by atoms with Gasteiger partial charge in [-0.25, -0.2) is 0 Å². The summed E-state index contributed by atoms with van der Waals surface area (Å²) in [5.41, 5.74) is 6.10. The van der Waals surface area contributed by atoms with Crippen LogP contribution in [0.25, 0.3) is 0 Å². The number of aliphatic hydroxyl groups excluding tert-OH is 1. The van der Waals surface area contributed by atoms with Crippen molar-refractivity contribution in [2.75, 3.05) is 6.61 Å². The van der Waals surface area contributed by atoms with E-state index in [9.17, 15) is 0 Å². The molecule has 0 aromatic carbocycles. The first-order chi connectivity index (χ1) is 5.24. The second-order valence-electron chi connectivity index (χ2n) is 2.19. The summed E-state index contributed by atoms with van der Waals surface area (Å²) in [5.74, 6) is 0. The SMILES string of the molecule is Cl.NC(CO)c1cc(Cl)ccn1. The Kier molecular flexibility index (Phi) is 5.17.